The summed E-state index contributed by atoms with van der Waals surface area (Å²) < 4.78 is 44.2. The predicted octanol–water partition coefficient (Wildman–Crippen LogP) is 2.96. The van der Waals surface area contributed by atoms with Crippen molar-refractivity contribution in [3.63, 3.8) is 0 Å². The fraction of sp³-hybridized carbons (Fsp3) is 0.927. The van der Waals surface area contributed by atoms with Crippen molar-refractivity contribution in [2.24, 2.45) is 46.3 Å². The molecular formula is C41H64O13. The van der Waals surface area contributed by atoms with Gasteiger partial charge >= 0.3 is 5.97 Å². The summed E-state index contributed by atoms with van der Waals surface area (Å²) in [6.07, 6.45) is -4.45. The Bertz CT molecular complexity index is 1430. The van der Waals surface area contributed by atoms with Gasteiger partial charge in [0.15, 0.2) is 24.5 Å². The number of carbonyl (C=O) groups excluding carboxylic acids is 1. The van der Waals surface area contributed by atoms with Crippen LogP contribution in [0.25, 0.3) is 0 Å². The van der Waals surface area contributed by atoms with Crippen LogP contribution in [0.3, 0.4) is 0 Å². The third-order valence-corrected chi connectivity index (χ3v) is 15.9. The van der Waals surface area contributed by atoms with E-state index in [0.29, 0.717) is 42.4 Å². The van der Waals surface area contributed by atoms with Gasteiger partial charge in [0.25, 0.3) is 0 Å². The fourth-order valence-electron chi connectivity index (χ4n) is 12.9. The molecule has 0 amide bonds. The van der Waals surface area contributed by atoms with Gasteiger partial charge in [0.2, 0.25) is 0 Å². The molecule has 0 unspecified atom stereocenters. The second kappa shape index (κ2) is 14.2. The van der Waals surface area contributed by atoms with E-state index in [0.717, 1.165) is 45.1 Å². The topological polar surface area (TPSA) is 183 Å². The van der Waals surface area contributed by atoms with Crippen molar-refractivity contribution in [1.82, 2.24) is 0 Å². The molecule has 1 spiro atoms. The van der Waals surface area contributed by atoms with Gasteiger partial charge in [-0.05, 0) is 87.4 Å². The van der Waals surface area contributed by atoms with Gasteiger partial charge in [-0.1, -0.05) is 39.3 Å². The Morgan fingerprint density at radius 2 is 1.50 bits per heavy atom. The summed E-state index contributed by atoms with van der Waals surface area (Å²) in [6.45, 7) is 14.5. The quantitative estimate of drug-likeness (QED) is 0.204. The maximum absolute atomic E-state index is 12.0. The third kappa shape index (κ3) is 6.17. The van der Waals surface area contributed by atoms with Crippen molar-refractivity contribution in [3.05, 3.63) is 11.6 Å². The fourth-order valence-corrected chi connectivity index (χ4v) is 12.9. The Morgan fingerprint density at radius 3 is 2.15 bits per heavy atom. The van der Waals surface area contributed by atoms with Gasteiger partial charge in [0, 0.05) is 31.1 Å². The summed E-state index contributed by atoms with van der Waals surface area (Å²) in [6, 6.07) is 0. The molecular weight excluding hydrogens is 700 g/mol. The lowest BCUT2D eigenvalue weighted by atomic mass is 9.46. The van der Waals surface area contributed by atoms with Crippen molar-refractivity contribution < 1.29 is 63.5 Å². The normalized spacial score (nSPS) is 57.0. The van der Waals surface area contributed by atoms with E-state index < -0.39 is 90.8 Å². The molecule has 0 radical (unpaired) electrons. The first-order chi connectivity index (χ1) is 25.5. The Hall–Kier alpha value is -1.23. The second-order valence-corrected chi connectivity index (χ2v) is 18.9. The molecule has 306 valence electrons. The lowest BCUT2D eigenvalue weighted by molar-refractivity contribution is -0.372. The van der Waals surface area contributed by atoms with E-state index >= 15 is 0 Å². The summed E-state index contributed by atoms with van der Waals surface area (Å²) in [7, 11) is 0. The molecule has 13 nitrogen and oxygen atoms in total. The zero-order valence-corrected chi connectivity index (χ0v) is 32.9. The van der Waals surface area contributed by atoms with Crippen LogP contribution < -0.4 is 0 Å². The van der Waals surface area contributed by atoms with Crippen LogP contribution in [-0.2, 0) is 38.0 Å². The molecule has 0 aromatic heterocycles. The number of fused-ring (bicyclic) bond motifs is 7. The lowest BCUT2D eigenvalue weighted by Crippen LogP contribution is -2.65. The zero-order chi connectivity index (χ0) is 38.6. The molecule has 8 aliphatic rings. The Labute approximate surface area is 319 Å². The van der Waals surface area contributed by atoms with E-state index in [1.807, 2.05) is 0 Å². The molecule has 54 heavy (non-hydrogen) atoms. The van der Waals surface area contributed by atoms with Gasteiger partial charge in [0.1, 0.15) is 30.5 Å². The highest BCUT2D eigenvalue weighted by molar-refractivity contribution is 5.66. The molecule has 4 saturated heterocycles. The summed E-state index contributed by atoms with van der Waals surface area (Å²) in [5, 5.41) is 55.1. The van der Waals surface area contributed by atoms with Crippen molar-refractivity contribution in [2.75, 3.05) is 6.61 Å². The molecule has 4 aliphatic heterocycles. The highest BCUT2D eigenvalue weighted by Crippen LogP contribution is 2.71. The number of rotatable bonds is 5. The van der Waals surface area contributed by atoms with Crippen LogP contribution in [0.4, 0.5) is 0 Å². The van der Waals surface area contributed by atoms with Crippen molar-refractivity contribution in [1.29, 1.82) is 0 Å². The van der Waals surface area contributed by atoms with Crippen LogP contribution in [0.1, 0.15) is 99.8 Å². The van der Waals surface area contributed by atoms with Crippen LogP contribution in [0.5, 0.6) is 0 Å². The largest absolute Gasteiger partial charge is 0.454 e. The highest BCUT2D eigenvalue weighted by atomic mass is 16.8. The van der Waals surface area contributed by atoms with Crippen LogP contribution in [0.2, 0.25) is 0 Å². The summed E-state index contributed by atoms with van der Waals surface area (Å²) in [4.78, 5) is 12.0. The van der Waals surface area contributed by atoms with Crippen LogP contribution in [-0.4, -0.2) is 124 Å². The molecule has 5 N–H and O–H groups in total. The van der Waals surface area contributed by atoms with E-state index in [-0.39, 0.29) is 17.4 Å². The van der Waals surface area contributed by atoms with Gasteiger partial charge in [0.05, 0.1) is 37.1 Å². The standard InChI is InChI=1S/C41H64O13/c1-18-10-13-41(48-17-18)19(2)30-28(54-41)16-27-25-9-8-23-14-24(43)15-29(40(23,7)26(25)11-12-39(27,30)6)52-37-36(34(47)32(45)20(3)49-37)53-38-35(51-22(5)42)33(46)31(44)21(4)50-38/h8,18-21,24-38,43-47H,9-17H2,1-7H3/t18-,19+,20-,21+,24-,25-,26+,27+,28+,29-,30+,31+,32+,33-,34+,35-,36-,37+,38+,39+,40+,41-/m1/s1. The first kappa shape index (κ1) is 39.6. The number of aliphatic hydroxyl groups is 5. The van der Waals surface area contributed by atoms with Gasteiger partial charge in [-0.2, -0.15) is 0 Å². The Balaban J connectivity index is 1.06. The van der Waals surface area contributed by atoms with Gasteiger partial charge in [-0.15, -0.1) is 0 Å². The second-order valence-electron chi connectivity index (χ2n) is 18.9. The molecule has 0 aromatic carbocycles. The maximum atomic E-state index is 12.0. The van der Waals surface area contributed by atoms with Crippen molar-refractivity contribution >= 4 is 5.97 Å². The van der Waals surface area contributed by atoms with E-state index in [2.05, 4.69) is 33.8 Å². The summed E-state index contributed by atoms with van der Waals surface area (Å²) in [5.74, 6) is 1.23. The smallest absolute Gasteiger partial charge is 0.303 e. The van der Waals surface area contributed by atoms with Crippen molar-refractivity contribution in [3.8, 4) is 0 Å². The van der Waals surface area contributed by atoms with Crippen LogP contribution >= 0.6 is 0 Å². The number of carbonyl (C=O) groups is 1. The number of aliphatic hydroxyl groups excluding tert-OH is 5. The highest BCUT2D eigenvalue weighted by Gasteiger charge is 2.69. The Morgan fingerprint density at radius 1 is 0.833 bits per heavy atom. The monoisotopic (exact) mass is 764 g/mol. The average Bonchev–Trinajstić information content (AvgIpc) is 3.57. The molecule has 4 heterocycles. The molecule has 0 aromatic rings. The molecule has 22 atom stereocenters. The average molecular weight is 765 g/mol. The number of hydrogen-bond acceptors (Lipinski definition) is 13. The summed E-state index contributed by atoms with van der Waals surface area (Å²) >= 11 is 0. The van der Waals surface area contributed by atoms with Gasteiger partial charge in [-0.25, -0.2) is 0 Å². The van der Waals surface area contributed by atoms with E-state index in [1.54, 1.807) is 13.8 Å². The number of hydrogen-bond donors (Lipinski definition) is 5. The van der Waals surface area contributed by atoms with Crippen LogP contribution in [0.15, 0.2) is 11.6 Å². The van der Waals surface area contributed by atoms with E-state index in [4.69, 9.17) is 33.2 Å². The lowest BCUT2D eigenvalue weighted by Gasteiger charge is -2.60. The third-order valence-electron chi connectivity index (χ3n) is 15.9. The molecule has 13 heteroatoms. The van der Waals surface area contributed by atoms with Gasteiger partial charge in [-0.3, -0.25) is 4.79 Å². The molecule has 4 aliphatic carbocycles. The van der Waals surface area contributed by atoms with Gasteiger partial charge < -0.3 is 58.7 Å². The maximum Gasteiger partial charge on any atom is 0.303 e. The molecule has 8 rings (SSSR count). The zero-order valence-electron chi connectivity index (χ0n) is 32.9. The summed E-state index contributed by atoms with van der Waals surface area (Å²) in [5.41, 5.74) is 0.843. The minimum atomic E-state index is -1.53. The van der Waals surface area contributed by atoms with E-state index in [1.165, 1.54) is 12.5 Å². The predicted molar refractivity (Wildman–Crippen MR) is 191 cm³/mol. The molecule has 3 saturated carbocycles. The number of ether oxygens (including phenoxy) is 7. The first-order valence-corrected chi connectivity index (χ1v) is 20.7. The number of esters is 1. The first-order valence-electron chi connectivity index (χ1n) is 20.7. The molecule has 0 bridgehead atoms. The van der Waals surface area contributed by atoms with Crippen molar-refractivity contribution in [2.45, 2.75) is 185 Å². The number of allylic oxidation sites excluding steroid dienone is 1. The minimum Gasteiger partial charge on any atom is -0.454 e. The SMILES string of the molecule is CC(=O)O[C@H]1[C@H](O[C@H]2[C@H](O[C@@H]3C[C@H](O)CC4=CC[C@H]5[C@@H]6C[C@@H]7O[C@]8(CC[C@@H](C)CO8)[C@@H](C)[C@@H]7[C@@]6(C)CC[C@@H]5[C@]43C)O[C@H](C)[C@H](O)[C@@H]2O)O[C@@H](C)[C@H](O)[C@H]1O. The Kier molecular flexibility index (Phi) is 10.4. The molecule has 7 fully saturated rings. The minimum absolute atomic E-state index is 0.113. The van der Waals surface area contributed by atoms with Crippen LogP contribution in [0, 0.1) is 46.3 Å². The van der Waals surface area contributed by atoms with E-state index in [9.17, 15) is 30.3 Å².